The number of fused-ring (bicyclic) bond motifs is 1. The highest BCUT2D eigenvalue weighted by atomic mass is 16.2. The first-order chi connectivity index (χ1) is 14.7. The summed E-state index contributed by atoms with van der Waals surface area (Å²) in [6.07, 6.45) is 8.15. The molecule has 2 saturated heterocycles. The lowest BCUT2D eigenvalue weighted by Crippen LogP contribution is -2.48. The molecule has 2 aliphatic heterocycles. The zero-order valence-electron chi connectivity index (χ0n) is 16.8. The summed E-state index contributed by atoms with van der Waals surface area (Å²) < 4.78 is 1.75. The Bertz CT molecular complexity index is 899. The second-order valence-corrected chi connectivity index (χ2v) is 8.51. The SMILES string of the molecule is O=C(Nc1ccc(Cn2cncn2)cc1)C1CC(=O)N(C2NNC3CCCCC32)C1. The lowest BCUT2D eigenvalue weighted by atomic mass is 9.84. The van der Waals surface area contributed by atoms with E-state index in [0.717, 1.165) is 24.1 Å². The Balaban J connectivity index is 1.18. The third kappa shape index (κ3) is 3.82. The summed E-state index contributed by atoms with van der Waals surface area (Å²) in [5.74, 6) is 0.0729. The molecule has 4 atom stereocenters. The molecule has 1 aromatic carbocycles. The van der Waals surface area contributed by atoms with Crippen LogP contribution in [0.15, 0.2) is 36.9 Å². The third-order valence-corrected chi connectivity index (χ3v) is 6.54. The Morgan fingerprint density at radius 2 is 2.00 bits per heavy atom. The van der Waals surface area contributed by atoms with E-state index in [4.69, 9.17) is 0 Å². The summed E-state index contributed by atoms with van der Waals surface area (Å²) >= 11 is 0. The van der Waals surface area contributed by atoms with Gasteiger partial charge in [0, 0.05) is 30.6 Å². The van der Waals surface area contributed by atoms with Gasteiger partial charge in [0.05, 0.1) is 18.6 Å². The van der Waals surface area contributed by atoms with Crippen molar-refractivity contribution >= 4 is 17.5 Å². The summed E-state index contributed by atoms with van der Waals surface area (Å²) in [5, 5.41) is 7.07. The second-order valence-electron chi connectivity index (χ2n) is 8.51. The predicted octanol–water partition coefficient (Wildman–Crippen LogP) is 1.11. The highest BCUT2D eigenvalue weighted by Gasteiger charge is 2.46. The van der Waals surface area contributed by atoms with Crippen molar-refractivity contribution in [2.75, 3.05) is 11.9 Å². The number of hydrogen-bond acceptors (Lipinski definition) is 6. The number of carbonyl (C=O) groups excluding carboxylic acids is 2. The molecular formula is C21H27N7O2. The molecule has 3 aliphatic rings. The normalized spacial score (nSPS) is 28.5. The summed E-state index contributed by atoms with van der Waals surface area (Å²) in [4.78, 5) is 31.3. The molecule has 1 saturated carbocycles. The standard InChI is InChI=1S/C21H27N7O2/c29-19-9-15(11-28(19)20-17-3-1-2-4-18(17)25-26-20)21(30)24-16-7-5-14(6-8-16)10-27-13-22-12-23-27/h5-8,12-13,15,17-18,20,25-26H,1-4,9-11H2,(H,24,30). The quantitative estimate of drug-likeness (QED) is 0.683. The Labute approximate surface area is 175 Å². The van der Waals surface area contributed by atoms with Crippen LogP contribution in [-0.2, 0) is 16.1 Å². The molecule has 3 heterocycles. The van der Waals surface area contributed by atoms with Crippen LogP contribution in [0, 0.1) is 11.8 Å². The van der Waals surface area contributed by atoms with Crippen molar-refractivity contribution in [2.24, 2.45) is 11.8 Å². The van der Waals surface area contributed by atoms with Crippen LogP contribution in [-0.4, -0.2) is 50.2 Å². The number of amides is 2. The van der Waals surface area contributed by atoms with Crippen molar-refractivity contribution in [3.8, 4) is 0 Å². The van der Waals surface area contributed by atoms with Crippen LogP contribution in [0.5, 0.6) is 0 Å². The molecular weight excluding hydrogens is 382 g/mol. The van der Waals surface area contributed by atoms with Crippen LogP contribution < -0.4 is 16.2 Å². The van der Waals surface area contributed by atoms with E-state index in [-0.39, 0.29) is 30.3 Å². The number of nitrogens with one attached hydrogen (secondary N) is 3. The third-order valence-electron chi connectivity index (χ3n) is 6.54. The van der Waals surface area contributed by atoms with E-state index < -0.39 is 0 Å². The van der Waals surface area contributed by atoms with Gasteiger partial charge >= 0.3 is 0 Å². The fourth-order valence-corrected chi connectivity index (χ4v) is 4.94. The molecule has 4 unspecified atom stereocenters. The fraction of sp³-hybridized carbons (Fsp3) is 0.524. The number of nitrogens with zero attached hydrogens (tertiary/aromatic N) is 4. The molecule has 1 aromatic heterocycles. The van der Waals surface area contributed by atoms with Crippen molar-refractivity contribution in [1.29, 1.82) is 0 Å². The van der Waals surface area contributed by atoms with Crippen molar-refractivity contribution < 1.29 is 9.59 Å². The van der Waals surface area contributed by atoms with E-state index in [1.165, 1.54) is 19.2 Å². The summed E-state index contributed by atoms with van der Waals surface area (Å²) in [7, 11) is 0. The summed E-state index contributed by atoms with van der Waals surface area (Å²) in [6, 6.07) is 8.11. The maximum Gasteiger partial charge on any atom is 0.229 e. The molecule has 158 valence electrons. The average Bonchev–Trinajstić information content (AvgIpc) is 3.49. The molecule has 30 heavy (non-hydrogen) atoms. The Hall–Kier alpha value is -2.78. The first-order valence-electron chi connectivity index (χ1n) is 10.7. The van der Waals surface area contributed by atoms with Crippen LogP contribution in [0.2, 0.25) is 0 Å². The topological polar surface area (TPSA) is 104 Å². The number of carbonyl (C=O) groups is 2. The lowest BCUT2D eigenvalue weighted by molar-refractivity contribution is -0.131. The highest BCUT2D eigenvalue weighted by Crippen LogP contribution is 2.34. The number of hydrazine groups is 1. The van der Waals surface area contributed by atoms with Gasteiger partial charge in [0.25, 0.3) is 0 Å². The molecule has 3 fully saturated rings. The number of benzene rings is 1. The largest absolute Gasteiger partial charge is 0.326 e. The summed E-state index contributed by atoms with van der Waals surface area (Å²) in [5.41, 5.74) is 8.48. The summed E-state index contributed by atoms with van der Waals surface area (Å²) in [6.45, 7) is 1.10. The van der Waals surface area contributed by atoms with Gasteiger partial charge in [0.15, 0.2) is 0 Å². The molecule has 5 rings (SSSR count). The van der Waals surface area contributed by atoms with Crippen molar-refractivity contribution in [1.82, 2.24) is 30.5 Å². The van der Waals surface area contributed by atoms with Gasteiger partial charge < -0.3 is 10.2 Å². The van der Waals surface area contributed by atoms with Crippen molar-refractivity contribution in [2.45, 2.75) is 50.9 Å². The van der Waals surface area contributed by atoms with E-state index in [1.807, 2.05) is 29.2 Å². The van der Waals surface area contributed by atoms with Gasteiger partial charge in [-0.15, -0.1) is 0 Å². The van der Waals surface area contributed by atoms with Crippen LogP contribution in [0.3, 0.4) is 0 Å². The minimum atomic E-state index is -0.322. The van der Waals surface area contributed by atoms with E-state index in [9.17, 15) is 9.59 Å². The molecule has 0 bridgehead atoms. The van der Waals surface area contributed by atoms with Gasteiger partial charge in [-0.05, 0) is 30.5 Å². The van der Waals surface area contributed by atoms with Gasteiger partial charge in [0.1, 0.15) is 12.7 Å². The minimum absolute atomic E-state index is 0.00308. The molecule has 3 N–H and O–H groups in total. The number of anilines is 1. The second kappa shape index (κ2) is 8.16. The van der Waals surface area contributed by atoms with Gasteiger partial charge in [0.2, 0.25) is 11.8 Å². The van der Waals surface area contributed by atoms with E-state index in [0.29, 0.717) is 25.0 Å². The lowest BCUT2D eigenvalue weighted by Gasteiger charge is -2.32. The first kappa shape index (κ1) is 19.2. The number of likely N-dealkylation sites (tertiary alicyclic amines) is 1. The van der Waals surface area contributed by atoms with E-state index in [2.05, 4.69) is 26.3 Å². The zero-order chi connectivity index (χ0) is 20.5. The smallest absolute Gasteiger partial charge is 0.229 e. The molecule has 2 amide bonds. The van der Waals surface area contributed by atoms with Crippen LogP contribution >= 0.6 is 0 Å². The van der Waals surface area contributed by atoms with Crippen LogP contribution in [0.1, 0.15) is 37.7 Å². The fourth-order valence-electron chi connectivity index (χ4n) is 4.94. The molecule has 9 heteroatoms. The minimum Gasteiger partial charge on any atom is -0.326 e. The van der Waals surface area contributed by atoms with Crippen molar-refractivity contribution in [3.63, 3.8) is 0 Å². The van der Waals surface area contributed by atoms with Gasteiger partial charge in [-0.1, -0.05) is 25.0 Å². The maximum absolute atomic E-state index is 12.8. The van der Waals surface area contributed by atoms with Crippen LogP contribution in [0.4, 0.5) is 5.69 Å². The Kier molecular flexibility index (Phi) is 5.22. The number of hydrogen-bond donors (Lipinski definition) is 3. The van der Waals surface area contributed by atoms with Gasteiger partial charge in [-0.2, -0.15) is 5.10 Å². The highest BCUT2D eigenvalue weighted by molar-refractivity contribution is 5.97. The Morgan fingerprint density at radius 3 is 2.80 bits per heavy atom. The average molecular weight is 409 g/mol. The first-order valence-corrected chi connectivity index (χ1v) is 10.7. The predicted molar refractivity (Wildman–Crippen MR) is 110 cm³/mol. The number of aromatic nitrogens is 3. The van der Waals surface area contributed by atoms with Gasteiger partial charge in [-0.3, -0.25) is 15.0 Å². The molecule has 2 aromatic rings. The molecule has 1 aliphatic carbocycles. The van der Waals surface area contributed by atoms with Gasteiger partial charge in [-0.25, -0.2) is 15.1 Å². The van der Waals surface area contributed by atoms with E-state index >= 15 is 0 Å². The zero-order valence-corrected chi connectivity index (χ0v) is 16.8. The maximum atomic E-state index is 12.8. The molecule has 0 radical (unpaired) electrons. The number of rotatable bonds is 5. The van der Waals surface area contributed by atoms with Crippen LogP contribution in [0.25, 0.3) is 0 Å². The molecule has 9 nitrogen and oxygen atoms in total. The van der Waals surface area contributed by atoms with Crippen molar-refractivity contribution in [3.05, 3.63) is 42.5 Å². The van der Waals surface area contributed by atoms with E-state index in [1.54, 1.807) is 11.0 Å². The molecule has 0 spiro atoms. The Morgan fingerprint density at radius 1 is 1.17 bits per heavy atom. The monoisotopic (exact) mass is 409 g/mol.